The molecular weight excluding hydrogens is 754 g/mol. The topological polar surface area (TPSA) is 245 Å². The van der Waals surface area contributed by atoms with Gasteiger partial charge in [0.15, 0.2) is 11.9 Å². The molecule has 2 amide bonds. The number of nitrogens with zero attached hydrogens (tertiary/aromatic N) is 1. The Kier molecular flexibility index (Phi) is 23.8. The van der Waals surface area contributed by atoms with Gasteiger partial charge < -0.3 is 58.2 Å². The van der Waals surface area contributed by atoms with Gasteiger partial charge in [-0.2, -0.15) is 0 Å². The first-order chi connectivity index (χ1) is 26.8. The fraction of sp³-hybridized carbons (Fsp3) is 0.737. The third kappa shape index (κ3) is 23.0. The number of ether oxygens (including phenoxy) is 9. The van der Waals surface area contributed by atoms with E-state index in [9.17, 15) is 34.2 Å². The normalized spacial score (nSPS) is 18.2. The standard InChI is InChI=1S/C38H61N3O16/c1-10-13-50-15-17-52-19-20-53-18-16-51-14-11-12-26(44)24-54-33(28(45)23-42)34-32(39-25(2)43)27(21-29(55-34)35(47)49-9)40-30(22-31(46)56-37(3,4)5)41-36(48)57-38(6,7)8/h1,21,27-28,32-34,42,45H,11-20,22-24H2,2-9H3,(H,39,43)(H,40,41,48)/t27-,28+,32+,33+,34+/m0/s1. The molecule has 1 rings (SSSR count). The number of methoxy groups -OCH3 is 1. The van der Waals surface area contributed by atoms with Gasteiger partial charge in [-0.05, 0) is 54.0 Å². The van der Waals surface area contributed by atoms with Crippen molar-refractivity contribution >= 4 is 35.6 Å². The number of aliphatic hydroxyl groups is 2. The Morgan fingerprint density at radius 3 is 2.04 bits per heavy atom. The SMILES string of the molecule is C#CCOCCOCCOCCOCCCC(=O)CO[C@@H]([C@@H]1OC(C(=O)OC)=C[C@H](N=C(CC(=O)OC(C)(C)C)NC(=O)OC(C)(C)C)[C@H]1NC(C)=O)[C@H](O)CO. The first-order valence-electron chi connectivity index (χ1n) is 18.5. The Morgan fingerprint density at radius 1 is 0.930 bits per heavy atom. The zero-order chi connectivity index (χ0) is 43.0. The molecule has 0 unspecified atom stereocenters. The van der Waals surface area contributed by atoms with E-state index in [1.165, 1.54) is 13.0 Å². The molecule has 0 aliphatic carbocycles. The molecular formula is C38H61N3O16. The van der Waals surface area contributed by atoms with Crippen LogP contribution in [0.15, 0.2) is 16.8 Å². The summed E-state index contributed by atoms with van der Waals surface area (Å²) in [4.78, 5) is 68.5. The van der Waals surface area contributed by atoms with E-state index in [0.717, 1.165) is 7.11 Å². The zero-order valence-corrected chi connectivity index (χ0v) is 34.3. The first-order valence-corrected chi connectivity index (χ1v) is 18.5. The molecule has 1 aliphatic heterocycles. The van der Waals surface area contributed by atoms with Gasteiger partial charge in [-0.25, -0.2) is 9.59 Å². The molecule has 1 aliphatic rings. The summed E-state index contributed by atoms with van der Waals surface area (Å²) in [5, 5.41) is 26.0. The van der Waals surface area contributed by atoms with Crippen molar-refractivity contribution < 1.29 is 76.8 Å². The number of amidine groups is 1. The van der Waals surface area contributed by atoms with E-state index in [2.05, 4.69) is 21.5 Å². The molecule has 0 aromatic heterocycles. The highest BCUT2D eigenvalue weighted by molar-refractivity contribution is 6.04. The molecule has 0 saturated carbocycles. The smallest absolute Gasteiger partial charge is 0.413 e. The molecule has 0 spiro atoms. The molecule has 324 valence electrons. The maximum atomic E-state index is 12.9. The van der Waals surface area contributed by atoms with E-state index in [4.69, 9.17) is 49.1 Å². The lowest BCUT2D eigenvalue weighted by Crippen LogP contribution is -2.60. The maximum absolute atomic E-state index is 12.9. The van der Waals surface area contributed by atoms with Crippen LogP contribution in [0.25, 0.3) is 0 Å². The van der Waals surface area contributed by atoms with Crippen molar-refractivity contribution in [3.8, 4) is 12.3 Å². The lowest BCUT2D eigenvalue weighted by atomic mass is 9.92. The van der Waals surface area contributed by atoms with E-state index < -0.39 is 90.9 Å². The summed E-state index contributed by atoms with van der Waals surface area (Å²) in [5.74, 6) is -1.09. The highest BCUT2D eigenvalue weighted by Gasteiger charge is 2.45. The number of aliphatic imine (C=N–C) groups is 1. The minimum Gasteiger partial charge on any atom is -0.478 e. The summed E-state index contributed by atoms with van der Waals surface area (Å²) in [7, 11) is 1.08. The van der Waals surface area contributed by atoms with Crippen LogP contribution in [-0.2, 0) is 61.8 Å². The lowest BCUT2D eigenvalue weighted by molar-refractivity contribution is -0.159. The Morgan fingerprint density at radius 2 is 1.51 bits per heavy atom. The lowest BCUT2D eigenvalue weighted by Gasteiger charge is -2.40. The number of hydrogen-bond donors (Lipinski definition) is 4. The van der Waals surface area contributed by atoms with Gasteiger partial charge in [0.1, 0.15) is 48.9 Å². The van der Waals surface area contributed by atoms with Gasteiger partial charge >= 0.3 is 18.0 Å². The predicted octanol–water partition coefficient (Wildman–Crippen LogP) is 0.758. The number of Topliss-reactive ketones (excluding diaryl/α,β-unsaturated/α-hetero) is 1. The third-order valence-corrected chi connectivity index (χ3v) is 7.12. The molecule has 19 nitrogen and oxygen atoms in total. The number of aliphatic hydroxyl groups excluding tert-OH is 2. The number of esters is 2. The minimum absolute atomic E-state index is 0.0314. The van der Waals surface area contributed by atoms with Crippen LogP contribution in [-0.4, -0.2) is 161 Å². The van der Waals surface area contributed by atoms with E-state index in [0.29, 0.717) is 39.5 Å². The fourth-order valence-electron chi connectivity index (χ4n) is 4.91. The second kappa shape index (κ2) is 26.7. The summed E-state index contributed by atoms with van der Waals surface area (Å²) in [6, 6.07) is -2.57. The van der Waals surface area contributed by atoms with Crippen molar-refractivity contribution in [1.29, 1.82) is 0 Å². The summed E-state index contributed by atoms with van der Waals surface area (Å²) in [5.41, 5.74) is -1.82. The van der Waals surface area contributed by atoms with Gasteiger partial charge in [-0.15, -0.1) is 6.42 Å². The van der Waals surface area contributed by atoms with Crippen LogP contribution in [0.5, 0.6) is 0 Å². The van der Waals surface area contributed by atoms with Gasteiger partial charge in [-0.3, -0.25) is 24.7 Å². The van der Waals surface area contributed by atoms with E-state index in [1.54, 1.807) is 41.5 Å². The van der Waals surface area contributed by atoms with Gasteiger partial charge in [-0.1, -0.05) is 5.92 Å². The van der Waals surface area contributed by atoms with E-state index >= 15 is 0 Å². The predicted molar refractivity (Wildman–Crippen MR) is 203 cm³/mol. The van der Waals surface area contributed by atoms with Crippen LogP contribution in [0, 0.1) is 12.3 Å². The van der Waals surface area contributed by atoms with E-state index in [-0.39, 0.29) is 37.9 Å². The van der Waals surface area contributed by atoms with E-state index in [1.807, 2.05) is 0 Å². The summed E-state index contributed by atoms with van der Waals surface area (Å²) in [6.07, 6.45) is 0.385. The highest BCUT2D eigenvalue weighted by atomic mass is 16.6. The number of nitrogens with one attached hydrogen (secondary N) is 2. The van der Waals surface area contributed by atoms with Gasteiger partial charge in [0, 0.05) is 20.0 Å². The number of ketones is 1. The van der Waals surface area contributed by atoms with Gasteiger partial charge in [0.25, 0.3) is 0 Å². The van der Waals surface area contributed by atoms with Crippen molar-refractivity contribution in [1.82, 2.24) is 10.6 Å². The molecule has 0 saturated heterocycles. The summed E-state index contributed by atoms with van der Waals surface area (Å²) < 4.78 is 48.7. The molecule has 4 N–H and O–H groups in total. The highest BCUT2D eigenvalue weighted by Crippen LogP contribution is 2.27. The van der Waals surface area contributed by atoms with Crippen LogP contribution in [0.4, 0.5) is 4.79 Å². The summed E-state index contributed by atoms with van der Waals surface area (Å²) >= 11 is 0. The molecule has 0 bridgehead atoms. The second-order valence-corrected chi connectivity index (χ2v) is 14.5. The Hall–Kier alpha value is -4.16. The molecule has 19 heteroatoms. The van der Waals surface area contributed by atoms with Crippen molar-refractivity contribution in [2.24, 2.45) is 4.99 Å². The number of alkyl carbamates (subject to hydrolysis) is 1. The first kappa shape index (κ1) is 50.9. The van der Waals surface area contributed by atoms with Crippen LogP contribution in [0.2, 0.25) is 0 Å². The number of carbonyl (C=O) groups is 5. The van der Waals surface area contributed by atoms with Crippen LogP contribution in [0.3, 0.4) is 0 Å². The Balaban J connectivity index is 3.14. The fourth-order valence-corrected chi connectivity index (χ4v) is 4.91. The largest absolute Gasteiger partial charge is 0.478 e. The average Bonchev–Trinajstić information content (AvgIpc) is 3.10. The third-order valence-electron chi connectivity index (χ3n) is 7.12. The Bertz CT molecular complexity index is 1350. The molecule has 0 aromatic carbocycles. The number of carbonyl (C=O) groups excluding carboxylic acids is 5. The summed E-state index contributed by atoms with van der Waals surface area (Å²) in [6.45, 7) is 12.2. The van der Waals surface area contributed by atoms with Crippen molar-refractivity contribution in [3.05, 3.63) is 11.8 Å². The quantitative estimate of drug-likeness (QED) is 0.0248. The van der Waals surface area contributed by atoms with Crippen molar-refractivity contribution in [2.75, 3.05) is 73.2 Å². The molecule has 0 fully saturated rings. The van der Waals surface area contributed by atoms with Crippen LogP contribution >= 0.6 is 0 Å². The Labute approximate surface area is 334 Å². The van der Waals surface area contributed by atoms with Crippen molar-refractivity contribution in [3.63, 3.8) is 0 Å². The molecule has 0 radical (unpaired) electrons. The average molecular weight is 816 g/mol. The van der Waals surface area contributed by atoms with Crippen LogP contribution < -0.4 is 10.6 Å². The van der Waals surface area contributed by atoms with Gasteiger partial charge in [0.2, 0.25) is 11.7 Å². The zero-order valence-electron chi connectivity index (χ0n) is 34.3. The molecule has 0 aromatic rings. The number of rotatable bonds is 25. The monoisotopic (exact) mass is 815 g/mol. The maximum Gasteiger partial charge on any atom is 0.413 e. The van der Waals surface area contributed by atoms with Gasteiger partial charge in [0.05, 0.1) is 65.4 Å². The molecule has 1 heterocycles. The number of hydrogen-bond acceptors (Lipinski definition) is 17. The van der Waals surface area contributed by atoms with Crippen molar-refractivity contribution in [2.45, 2.75) is 109 Å². The molecule has 57 heavy (non-hydrogen) atoms. The number of amides is 2. The molecule has 5 atom stereocenters. The number of terminal acetylenes is 1. The second-order valence-electron chi connectivity index (χ2n) is 14.5. The minimum atomic E-state index is -1.70. The van der Waals surface area contributed by atoms with Crippen LogP contribution in [0.1, 0.15) is 67.7 Å².